The molecule has 1 rings (SSSR count). The summed E-state index contributed by atoms with van der Waals surface area (Å²) in [5, 5.41) is 0. The van der Waals surface area contributed by atoms with Gasteiger partial charge in [-0.25, -0.2) is 0 Å². The van der Waals surface area contributed by atoms with Crippen LogP contribution in [0.3, 0.4) is 0 Å². The second-order valence-electron chi connectivity index (χ2n) is 5.99. The molecular formula is C18H28O6S. The molecule has 0 spiro atoms. The highest BCUT2D eigenvalue weighted by Crippen LogP contribution is 2.21. The number of carbonyl (C=O) groups is 1. The Morgan fingerprint density at radius 3 is 2.48 bits per heavy atom. The van der Waals surface area contributed by atoms with E-state index in [-0.39, 0.29) is 18.5 Å². The van der Waals surface area contributed by atoms with Crippen molar-refractivity contribution in [3.05, 3.63) is 29.3 Å². The normalized spacial score (nSPS) is 12.6. The van der Waals surface area contributed by atoms with Gasteiger partial charge in [0, 0.05) is 12.3 Å². The zero-order chi connectivity index (χ0) is 18.9. The lowest BCUT2D eigenvalue weighted by atomic mass is 10.0. The predicted molar refractivity (Wildman–Crippen MR) is 96.2 cm³/mol. The first kappa shape index (κ1) is 21.4. The Bertz CT molecular complexity index is 654. The van der Waals surface area contributed by atoms with Crippen molar-refractivity contribution in [3.8, 4) is 5.75 Å². The summed E-state index contributed by atoms with van der Waals surface area (Å²) < 4.78 is 37.4. The Morgan fingerprint density at radius 2 is 1.88 bits per heavy atom. The molecule has 1 aromatic rings. The summed E-state index contributed by atoms with van der Waals surface area (Å²) in [6, 6.07) is 5.79. The molecule has 25 heavy (non-hydrogen) atoms. The summed E-state index contributed by atoms with van der Waals surface area (Å²) in [6.07, 6.45) is 2.87. The monoisotopic (exact) mass is 372 g/mol. The van der Waals surface area contributed by atoms with Crippen LogP contribution in [-0.4, -0.2) is 40.5 Å². The molecule has 1 aromatic carbocycles. The van der Waals surface area contributed by atoms with Crippen LogP contribution in [0.5, 0.6) is 5.75 Å². The minimum Gasteiger partial charge on any atom is -0.493 e. The van der Waals surface area contributed by atoms with Crippen LogP contribution in [0.1, 0.15) is 38.3 Å². The van der Waals surface area contributed by atoms with E-state index in [0.717, 1.165) is 29.6 Å². The van der Waals surface area contributed by atoms with Crippen molar-refractivity contribution in [2.45, 2.75) is 40.0 Å². The van der Waals surface area contributed by atoms with Crippen LogP contribution in [0.4, 0.5) is 0 Å². The smallest absolute Gasteiger partial charge is 0.306 e. The quantitative estimate of drug-likeness (QED) is 0.439. The van der Waals surface area contributed by atoms with Gasteiger partial charge in [-0.1, -0.05) is 19.9 Å². The van der Waals surface area contributed by atoms with Gasteiger partial charge < -0.3 is 9.47 Å². The highest BCUT2D eigenvalue weighted by atomic mass is 32.2. The highest BCUT2D eigenvalue weighted by Gasteiger charge is 2.11. The van der Waals surface area contributed by atoms with E-state index in [1.54, 1.807) is 6.92 Å². The van der Waals surface area contributed by atoms with Crippen LogP contribution in [-0.2, 0) is 36.7 Å². The van der Waals surface area contributed by atoms with Gasteiger partial charge in [0.1, 0.15) is 5.75 Å². The number of benzene rings is 1. The Kier molecular flexibility index (Phi) is 8.92. The average Bonchev–Trinajstić information content (AvgIpc) is 2.56. The number of hydrogen-bond acceptors (Lipinski definition) is 6. The maximum absolute atomic E-state index is 11.5. The number of aryl methyl sites for hydroxylation is 2. The number of rotatable bonds is 11. The van der Waals surface area contributed by atoms with E-state index in [9.17, 15) is 13.2 Å². The first-order valence-corrected chi connectivity index (χ1v) is 10.3. The minimum absolute atomic E-state index is 0.0525. The molecule has 0 fully saturated rings. The third-order valence-corrected chi connectivity index (χ3v) is 4.13. The van der Waals surface area contributed by atoms with Gasteiger partial charge in [0.05, 0.1) is 26.1 Å². The lowest BCUT2D eigenvalue weighted by Gasteiger charge is -2.15. The molecule has 0 heterocycles. The van der Waals surface area contributed by atoms with Gasteiger partial charge in [-0.2, -0.15) is 8.42 Å². The van der Waals surface area contributed by atoms with Crippen LogP contribution in [0.15, 0.2) is 18.2 Å². The summed E-state index contributed by atoms with van der Waals surface area (Å²) in [6.45, 7) is 6.56. The second kappa shape index (κ2) is 10.4. The number of hydrogen-bond donors (Lipinski definition) is 0. The molecule has 6 nitrogen and oxygen atoms in total. The lowest BCUT2D eigenvalue weighted by Crippen LogP contribution is -2.17. The van der Waals surface area contributed by atoms with E-state index in [4.69, 9.17) is 13.7 Å². The second-order valence-corrected chi connectivity index (χ2v) is 7.64. The Balaban J connectivity index is 2.57. The molecule has 0 aliphatic rings. The van der Waals surface area contributed by atoms with E-state index in [2.05, 4.69) is 6.92 Å². The molecule has 1 unspecified atom stereocenters. The largest absolute Gasteiger partial charge is 0.493 e. The van der Waals surface area contributed by atoms with Crippen molar-refractivity contribution >= 4 is 16.1 Å². The van der Waals surface area contributed by atoms with Gasteiger partial charge in [0.25, 0.3) is 10.1 Å². The molecule has 0 saturated carbocycles. The standard InChI is InChI=1S/C18H28O6S/c1-5-15-11-17(23-12-14(3)13-24-25(4,20)21)9-7-16(15)8-10-18(19)22-6-2/h7,9,11,14H,5-6,8,10,12-13H2,1-4H3. The molecular weight excluding hydrogens is 344 g/mol. The fraction of sp³-hybridized carbons (Fsp3) is 0.611. The zero-order valence-electron chi connectivity index (χ0n) is 15.4. The van der Waals surface area contributed by atoms with Gasteiger partial charge in [-0.3, -0.25) is 8.98 Å². The maximum Gasteiger partial charge on any atom is 0.306 e. The SMILES string of the molecule is CCOC(=O)CCc1ccc(OCC(C)COS(C)(=O)=O)cc1CC. The Hall–Kier alpha value is -1.60. The molecule has 0 N–H and O–H groups in total. The van der Waals surface area contributed by atoms with Crippen LogP contribution in [0.25, 0.3) is 0 Å². The van der Waals surface area contributed by atoms with E-state index in [0.29, 0.717) is 26.1 Å². The molecule has 7 heteroatoms. The van der Waals surface area contributed by atoms with Crippen molar-refractivity contribution < 1.29 is 26.9 Å². The molecule has 0 bridgehead atoms. The van der Waals surface area contributed by atoms with Gasteiger partial charge in [0.15, 0.2) is 0 Å². The molecule has 0 amide bonds. The summed E-state index contributed by atoms with van der Waals surface area (Å²) in [7, 11) is -3.43. The van der Waals surface area contributed by atoms with Gasteiger partial charge in [0.2, 0.25) is 0 Å². The molecule has 1 atom stereocenters. The molecule has 0 aliphatic heterocycles. The first-order chi connectivity index (χ1) is 11.7. The van der Waals surface area contributed by atoms with Crippen molar-refractivity contribution in [1.29, 1.82) is 0 Å². The summed E-state index contributed by atoms with van der Waals surface area (Å²) in [5.41, 5.74) is 2.23. The van der Waals surface area contributed by atoms with Crippen LogP contribution in [0.2, 0.25) is 0 Å². The van der Waals surface area contributed by atoms with Crippen LogP contribution >= 0.6 is 0 Å². The van der Waals surface area contributed by atoms with Gasteiger partial charge >= 0.3 is 5.97 Å². The van der Waals surface area contributed by atoms with E-state index < -0.39 is 10.1 Å². The molecule has 0 aliphatic carbocycles. The molecule has 0 radical (unpaired) electrons. The van der Waals surface area contributed by atoms with Crippen molar-refractivity contribution in [2.75, 3.05) is 26.1 Å². The Labute approximate surface area is 150 Å². The minimum atomic E-state index is -3.43. The van der Waals surface area contributed by atoms with Crippen LogP contribution < -0.4 is 4.74 Å². The van der Waals surface area contributed by atoms with E-state index in [1.165, 1.54) is 0 Å². The van der Waals surface area contributed by atoms with Crippen molar-refractivity contribution in [3.63, 3.8) is 0 Å². The molecule has 142 valence electrons. The summed E-state index contributed by atoms with van der Waals surface area (Å²) in [5.74, 6) is 0.482. The van der Waals surface area contributed by atoms with Gasteiger partial charge in [-0.15, -0.1) is 0 Å². The van der Waals surface area contributed by atoms with Gasteiger partial charge in [-0.05, 0) is 43.0 Å². The number of esters is 1. The summed E-state index contributed by atoms with van der Waals surface area (Å²) >= 11 is 0. The molecule has 0 saturated heterocycles. The fourth-order valence-electron chi connectivity index (χ4n) is 2.26. The number of ether oxygens (including phenoxy) is 2. The van der Waals surface area contributed by atoms with E-state index >= 15 is 0 Å². The third-order valence-electron chi connectivity index (χ3n) is 3.56. The first-order valence-electron chi connectivity index (χ1n) is 8.49. The third kappa shape index (κ3) is 8.88. The zero-order valence-corrected chi connectivity index (χ0v) is 16.2. The van der Waals surface area contributed by atoms with Crippen molar-refractivity contribution in [1.82, 2.24) is 0 Å². The van der Waals surface area contributed by atoms with Crippen LogP contribution in [0, 0.1) is 5.92 Å². The molecule has 0 aromatic heterocycles. The van der Waals surface area contributed by atoms with Crippen molar-refractivity contribution in [2.24, 2.45) is 5.92 Å². The Morgan fingerprint density at radius 1 is 1.16 bits per heavy atom. The lowest BCUT2D eigenvalue weighted by molar-refractivity contribution is -0.143. The van der Waals surface area contributed by atoms with E-state index in [1.807, 2.05) is 25.1 Å². The topological polar surface area (TPSA) is 78.9 Å². The average molecular weight is 372 g/mol. The maximum atomic E-state index is 11.5. The fourth-order valence-corrected chi connectivity index (χ4v) is 2.74. The highest BCUT2D eigenvalue weighted by molar-refractivity contribution is 7.85. The summed E-state index contributed by atoms with van der Waals surface area (Å²) in [4.78, 5) is 11.5. The predicted octanol–water partition coefficient (Wildman–Crippen LogP) is 2.74. The number of carbonyl (C=O) groups excluding carboxylic acids is 1.